The van der Waals surface area contributed by atoms with Crippen molar-refractivity contribution in [3.63, 3.8) is 0 Å². The third-order valence-corrected chi connectivity index (χ3v) is 3.80. The molecule has 0 aliphatic rings. The Balaban J connectivity index is 1.68. The van der Waals surface area contributed by atoms with Gasteiger partial charge in [0.15, 0.2) is 12.4 Å². The van der Waals surface area contributed by atoms with E-state index in [0.717, 1.165) is 11.3 Å². The molecule has 1 aromatic heterocycles. The molecule has 8 nitrogen and oxygen atoms in total. The van der Waals surface area contributed by atoms with Crippen molar-refractivity contribution in [2.24, 2.45) is 0 Å². The van der Waals surface area contributed by atoms with Gasteiger partial charge in [0.25, 0.3) is 0 Å². The summed E-state index contributed by atoms with van der Waals surface area (Å²) in [5.74, 6) is 0.0142. The van der Waals surface area contributed by atoms with E-state index in [1.165, 1.54) is 0 Å². The van der Waals surface area contributed by atoms with Crippen molar-refractivity contribution in [3.05, 3.63) is 71.0 Å². The molecule has 3 rings (SSSR count). The van der Waals surface area contributed by atoms with Crippen LogP contribution < -0.4 is 11.1 Å². The maximum absolute atomic E-state index is 12.1. The highest BCUT2D eigenvalue weighted by Crippen LogP contribution is 2.18. The molecule has 0 radical (unpaired) electrons. The average molecular weight is 365 g/mol. The summed E-state index contributed by atoms with van der Waals surface area (Å²) in [6.45, 7) is 1.73. The zero-order valence-electron chi connectivity index (χ0n) is 14.7. The minimum Gasteiger partial charge on any atom is -0.454 e. The number of ether oxygens (including phenoxy) is 1. The van der Waals surface area contributed by atoms with Crippen LogP contribution in [0.2, 0.25) is 0 Å². The number of esters is 1. The summed E-state index contributed by atoms with van der Waals surface area (Å²) in [5, 5.41) is 12.1. The van der Waals surface area contributed by atoms with E-state index in [9.17, 15) is 4.79 Å². The Hall–Kier alpha value is -3.52. The molecular weight excluding hydrogens is 346 g/mol. The summed E-state index contributed by atoms with van der Waals surface area (Å²) < 4.78 is 5.23. The van der Waals surface area contributed by atoms with Gasteiger partial charge in [0.2, 0.25) is 11.9 Å². The average Bonchev–Trinajstić information content (AvgIpc) is 2.67. The van der Waals surface area contributed by atoms with Gasteiger partial charge in [0, 0.05) is 5.69 Å². The zero-order chi connectivity index (χ0) is 19.2. The number of nitrogens with two attached hydrogens (primary N) is 1. The number of aromatic nitrogens is 3. The quantitative estimate of drug-likeness (QED) is 0.569. The van der Waals surface area contributed by atoms with Crippen molar-refractivity contribution in [2.75, 3.05) is 11.1 Å². The molecule has 27 heavy (non-hydrogen) atoms. The summed E-state index contributed by atoms with van der Waals surface area (Å²) in [6, 6.07) is 14.2. The molecule has 0 bridgehead atoms. The van der Waals surface area contributed by atoms with Gasteiger partial charge in [-0.25, -0.2) is 4.79 Å². The summed E-state index contributed by atoms with van der Waals surface area (Å²) >= 11 is 0. The fraction of sp³-hybridized carbons (Fsp3) is 0.158. The summed E-state index contributed by atoms with van der Waals surface area (Å²) in [6.07, 6.45) is 0. The first kappa shape index (κ1) is 18.3. The van der Waals surface area contributed by atoms with Crippen LogP contribution in [0.5, 0.6) is 0 Å². The minimum atomic E-state index is -0.521. The van der Waals surface area contributed by atoms with E-state index in [-0.39, 0.29) is 30.9 Å². The predicted molar refractivity (Wildman–Crippen MR) is 100 cm³/mol. The molecule has 4 N–H and O–H groups in total. The Morgan fingerprint density at radius 1 is 1.11 bits per heavy atom. The van der Waals surface area contributed by atoms with Crippen LogP contribution in [0.25, 0.3) is 0 Å². The predicted octanol–water partition coefficient (Wildman–Crippen LogP) is 2.36. The van der Waals surface area contributed by atoms with Crippen LogP contribution in [-0.4, -0.2) is 26.0 Å². The van der Waals surface area contributed by atoms with Crippen LogP contribution in [-0.2, 0) is 18.0 Å². The number of hydrogen-bond donors (Lipinski definition) is 3. The smallest absolute Gasteiger partial charge is 0.338 e. The van der Waals surface area contributed by atoms with Crippen LogP contribution in [0.1, 0.15) is 27.3 Å². The second-order valence-electron chi connectivity index (χ2n) is 5.80. The van der Waals surface area contributed by atoms with Gasteiger partial charge in [-0.2, -0.15) is 15.0 Å². The highest BCUT2D eigenvalue weighted by molar-refractivity contribution is 5.89. The van der Waals surface area contributed by atoms with Crippen LogP contribution in [0.4, 0.5) is 17.6 Å². The Kier molecular flexibility index (Phi) is 5.58. The van der Waals surface area contributed by atoms with Gasteiger partial charge in [-0.3, -0.25) is 0 Å². The van der Waals surface area contributed by atoms with E-state index in [1.54, 1.807) is 24.3 Å². The van der Waals surface area contributed by atoms with Crippen LogP contribution in [0.3, 0.4) is 0 Å². The Bertz CT molecular complexity index is 944. The topological polar surface area (TPSA) is 123 Å². The van der Waals surface area contributed by atoms with Crippen molar-refractivity contribution < 1.29 is 14.6 Å². The molecule has 8 heteroatoms. The number of nitrogen functional groups attached to an aromatic ring is 1. The minimum absolute atomic E-state index is 0.0273. The lowest BCUT2D eigenvalue weighted by atomic mass is 10.1. The van der Waals surface area contributed by atoms with Crippen molar-refractivity contribution in [1.82, 2.24) is 15.0 Å². The van der Waals surface area contributed by atoms with Crippen molar-refractivity contribution in [2.45, 2.75) is 20.1 Å². The first-order valence-electron chi connectivity index (χ1n) is 8.25. The molecule has 1 heterocycles. The number of aliphatic hydroxyl groups excluding tert-OH is 1. The molecule has 0 spiro atoms. The van der Waals surface area contributed by atoms with E-state index in [2.05, 4.69) is 20.3 Å². The summed E-state index contributed by atoms with van der Waals surface area (Å²) in [5.41, 5.74) is 8.68. The van der Waals surface area contributed by atoms with Gasteiger partial charge >= 0.3 is 5.97 Å². The number of nitrogens with zero attached hydrogens (tertiary/aromatic N) is 3. The Morgan fingerprint density at radius 2 is 1.85 bits per heavy atom. The second kappa shape index (κ2) is 8.24. The number of rotatable bonds is 6. The number of aryl methyl sites for hydroxylation is 1. The van der Waals surface area contributed by atoms with E-state index < -0.39 is 5.97 Å². The SMILES string of the molecule is Cc1ccccc1Nc1nc(N)nc(COC(=O)c2ccc(CO)cc2)n1. The number of para-hydroxylation sites is 1. The summed E-state index contributed by atoms with van der Waals surface area (Å²) in [4.78, 5) is 24.4. The summed E-state index contributed by atoms with van der Waals surface area (Å²) in [7, 11) is 0. The fourth-order valence-electron chi connectivity index (χ4n) is 2.35. The number of anilines is 3. The van der Waals surface area contributed by atoms with E-state index in [0.29, 0.717) is 11.1 Å². The molecule has 0 saturated heterocycles. The number of aliphatic hydroxyl groups is 1. The third kappa shape index (κ3) is 4.77. The highest BCUT2D eigenvalue weighted by atomic mass is 16.5. The van der Waals surface area contributed by atoms with Gasteiger partial charge in [-0.15, -0.1) is 0 Å². The first-order valence-corrected chi connectivity index (χ1v) is 8.25. The van der Waals surface area contributed by atoms with E-state index in [4.69, 9.17) is 15.6 Å². The number of hydrogen-bond acceptors (Lipinski definition) is 8. The normalized spacial score (nSPS) is 10.4. The van der Waals surface area contributed by atoms with Gasteiger partial charge in [0.05, 0.1) is 12.2 Å². The van der Waals surface area contributed by atoms with Gasteiger partial charge in [-0.1, -0.05) is 30.3 Å². The van der Waals surface area contributed by atoms with Crippen molar-refractivity contribution >= 4 is 23.6 Å². The van der Waals surface area contributed by atoms with Crippen LogP contribution in [0, 0.1) is 6.92 Å². The first-order chi connectivity index (χ1) is 13.0. The molecule has 0 saturated carbocycles. The van der Waals surface area contributed by atoms with Crippen molar-refractivity contribution in [1.29, 1.82) is 0 Å². The van der Waals surface area contributed by atoms with Crippen molar-refractivity contribution in [3.8, 4) is 0 Å². The zero-order valence-corrected chi connectivity index (χ0v) is 14.7. The molecule has 0 aliphatic heterocycles. The number of carbonyl (C=O) groups excluding carboxylic acids is 1. The standard InChI is InChI=1S/C19H19N5O3/c1-12-4-2-3-5-15(12)21-19-23-16(22-18(20)24-19)11-27-17(26)14-8-6-13(10-25)7-9-14/h2-9,25H,10-11H2,1H3,(H3,20,21,22,23,24). The van der Waals surface area contributed by atoms with Crippen LogP contribution >= 0.6 is 0 Å². The maximum atomic E-state index is 12.1. The molecule has 0 unspecified atom stereocenters. The number of carbonyl (C=O) groups is 1. The van der Waals surface area contributed by atoms with Crippen LogP contribution in [0.15, 0.2) is 48.5 Å². The molecular formula is C19H19N5O3. The number of benzene rings is 2. The molecule has 0 aliphatic carbocycles. The van der Waals surface area contributed by atoms with Gasteiger partial charge in [0.1, 0.15) is 0 Å². The lowest BCUT2D eigenvalue weighted by Gasteiger charge is -2.10. The second-order valence-corrected chi connectivity index (χ2v) is 5.80. The molecule has 0 fully saturated rings. The third-order valence-electron chi connectivity index (χ3n) is 3.80. The van der Waals surface area contributed by atoms with Gasteiger partial charge < -0.3 is 20.9 Å². The lowest BCUT2D eigenvalue weighted by Crippen LogP contribution is -2.11. The highest BCUT2D eigenvalue weighted by Gasteiger charge is 2.11. The fourth-order valence-corrected chi connectivity index (χ4v) is 2.35. The van der Waals surface area contributed by atoms with Gasteiger partial charge in [-0.05, 0) is 36.2 Å². The monoisotopic (exact) mass is 365 g/mol. The van der Waals surface area contributed by atoms with E-state index in [1.807, 2.05) is 31.2 Å². The Labute approximate surface area is 156 Å². The molecule has 2 aromatic carbocycles. The Morgan fingerprint density at radius 3 is 2.56 bits per heavy atom. The number of nitrogens with one attached hydrogen (secondary N) is 1. The largest absolute Gasteiger partial charge is 0.454 e. The van der Waals surface area contributed by atoms with E-state index >= 15 is 0 Å². The molecule has 138 valence electrons. The maximum Gasteiger partial charge on any atom is 0.338 e. The molecule has 0 amide bonds. The molecule has 3 aromatic rings. The molecule has 0 atom stereocenters. The lowest BCUT2D eigenvalue weighted by molar-refractivity contribution is 0.0462.